The summed E-state index contributed by atoms with van der Waals surface area (Å²) in [7, 11) is -0.981. The number of rotatable bonds is 8. The van der Waals surface area contributed by atoms with Crippen LogP contribution in [0.1, 0.15) is 11.1 Å². The minimum absolute atomic E-state index is 0.0186. The molecule has 0 atom stereocenters. The van der Waals surface area contributed by atoms with Crippen LogP contribution in [-0.4, -0.2) is 40.1 Å². The van der Waals surface area contributed by atoms with Crippen molar-refractivity contribution in [3.8, 4) is 5.75 Å². The number of amides is 1. The normalized spacial score (nSPS) is 11.1. The van der Waals surface area contributed by atoms with E-state index in [0.29, 0.717) is 13.0 Å². The Morgan fingerprint density at radius 3 is 2.55 bits per heavy atom. The smallest absolute Gasteiger partial charge is 0.267 e. The zero-order valence-corrected chi connectivity index (χ0v) is 17.8. The molecule has 2 rings (SSSR count). The molecule has 29 heavy (non-hydrogen) atoms. The molecule has 0 unspecified atom stereocenters. The van der Waals surface area contributed by atoms with Crippen LogP contribution in [0.2, 0.25) is 0 Å². The zero-order chi connectivity index (χ0) is 21.3. The second-order valence-corrected chi connectivity index (χ2v) is 8.01. The summed E-state index contributed by atoms with van der Waals surface area (Å²) in [6, 6.07) is 14.3. The summed E-state index contributed by atoms with van der Waals surface area (Å²) >= 11 is 4.88. The molecule has 0 aliphatic rings. The SMILES string of the molecule is CNC(=S)NS(=O)(=O)c1cc(CCNC(=O)C=Cc2ccccc2)ccc1OC. The molecule has 0 spiro atoms. The first-order chi connectivity index (χ1) is 13.9. The number of sulfonamides is 1. The van der Waals surface area contributed by atoms with Gasteiger partial charge in [0, 0.05) is 19.7 Å². The largest absolute Gasteiger partial charge is 0.495 e. The topological polar surface area (TPSA) is 96.5 Å². The number of thiocarbonyl (C=S) groups is 1. The molecule has 2 aromatic carbocycles. The lowest BCUT2D eigenvalue weighted by atomic mass is 10.1. The van der Waals surface area contributed by atoms with E-state index >= 15 is 0 Å². The second-order valence-electron chi connectivity index (χ2n) is 5.95. The molecule has 7 nitrogen and oxygen atoms in total. The molecule has 0 saturated heterocycles. The highest BCUT2D eigenvalue weighted by Gasteiger charge is 2.21. The number of benzene rings is 2. The van der Waals surface area contributed by atoms with Gasteiger partial charge in [-0.25, -0.2) is 8.42 Å². The average molecular weight is 434 g/mol. The molecule has 0 aliphatic heterocycles. The van der Waals surface area contributed by atoms with Crippen molar-refractivity contribution in [2.75, 3.05) is 20.7 Å². The molecular formula is C20H23N3O4S2. The second kappa shape index (κ2) is 10.6. The fourth-order valence-electron chi connectivity index (χ4n) is 2.44. The lowest BCUT2D eigenvalue weighted by Crippen LogP contribution is -2.37. The molecule has 0 fully saturated rings. The van der Waals surface area contributed by atoms with Crippen molar-refractivity contribution in [2.45, 2.75) is 11.3 Å². The van der Waals surface area contributed by atoms with Gasteiger partial charge in [0.05, 0.1) is 7.11 Å². The third kappa shape index (κ3) is 6.88. The summed E-state index contributed by atoms with van der Waals surface area (Å²) in [5.74, 6) is -0.0220. The van der Waals surface area contributed by atoms with E-state index in [0.717, 1.165) is 11.1 Å². The standard InChI is InChI=1S/C20H23N3O4S2/c1-21-20(28)23-29(25,26)18-14-16(8-10-17(18)27-2)12-13-22-19(24)11-9-15-6-4-3-5-7-15/h3-11,14H,12-13H2,1-2H3,(H,22,24)(H2,21,23,28). The third-order valence-electron chi connectivity index (χ3n) is 3.91. The van der Waals surface area contributed by atoms with E-state index in [4.69, 9.17) is 17.0 Å². The van der Waals surface area contributed by atoms with Crippen LogP contribution >= 0.6 is 12.2 Å². The van der Waals surface area contributed by atoms with Crippen molar-refractivity contribution in [3.05, 3.63) is 65.7 Å². The molecule has 0 heterocycles. The Morgan fingerprint density at radius 1 is 1.17 bits per heavy atom. The number of carbonyl (C=O) groups excluding carboxylic acids is 1. The summed E-state index contributed by atoms with van der Waals surface area (Å²) < 4.78 is 32.5. The first-order valence-corrected chi connectivity index (χ1v) is 10.7. The minimum Gasteiger partial charge on any atom is -0.495 e. The maximum Gasteiger partial charge on any atom is 0.267 e. The molecular weight excluding hydrogens is 410 g/mol. The molecule has 1 amide bonds. The van der Waals surface area contributed by atoms with E-state index in [-0.39, 0.29) is 21.7 Å². The summed E-state index contributed by atoms with van der Waals surface area (Å²) in [6.07, 6.45) is 3.64. The highest BCUT2D eigenvalue weighted by molar-refractivity contribution is 7.92. The van der Waals surface area contributed by atoms with Crippen LogP contribution < -0.4 is 20.1 Å². The molecule has 0 radical (unpaired) electrons. The predicted molar refractivity (Wildman–Crippen MR) is 117 cm³/mol. The lowest BCUT2D eigenvalue weighted by molar-refractivity contribution is -0.116. The van der Waals surface area contributed by atoms with Crippen molar-refractivity contribution in [2.24, 2.45) is 0 Å². The van der Waals surface area contributed by atoms with Crippen molar-refractivity contribution in [1.82, 2.24) is 15.4 Å². The van der Waals surface area contributed by atoms with Gasteiger partial charge in [-0.2, -0.15) is 0 Å². The van der Waals surface area contributed by atoms with E-state index in [1.807, 2.05) is 30.3 Å². The Bertz CT molecular complexity index is 990. The van der Waals surface area contributed by atoms with E-state index in [9.17, 15) is 13.2 Å². The van der Waals surface area contributed by atoms with Gasteiger partial charge >= 0.3 is 0 Å². The van der Waals surface area contributed by atoms with Gasteiger partial charge in [-0.15, -0.1) is 0 Å². The molecule has 0 bridgehead atoms. The number of methoxy groups -OCH3 is 1. The van der Waals surface area contributed by atoms with Gasteiger partial charge in [-0.1, -0.05) is 36.4 Å². The molecule has 0 saturated carbocycles. The molecule has 0 aromatic heterocycles. The Hall–Kier alpha value is -2.91. The summed E-state index contributed by atoms with van der Waals surface area (Å²) in [6.45, 7) is 0.353. The number of nitrogens with one attached hydrogen (secondary N) is 3. The molecule has 3 N–H and O–H groups in total. The van der Waals surface area contributed by atoms with Crippen molar-refractivity contribution < 1.29 is 17.9 Å². The van der Waals surface area contributed by atoms with Gasteiger partial charge in [-0.3, -0.25) is 9.52 Å². The molecule has 0 aliphatic carbocycles. The van der Waals surface area contributed by atoms with Crippen LogP contribution in [0, 0.1) is 0 Å². The highest BCUT2D eigenvalue weighted by Crippen LogP contribution is 2.25. The van der Waals surface area contributed by atoms with Crippen LogP contribution in [-0.2, 0) is 21.2 Å². The van der Waals surface area contributed by atoms with Crippen LogP contribution in [0.25, 0.3) is 6.08 Å². The van der Waals surface area contributed by atoms with Crippen LogP contribution in [0.4, 0.5) is 0 Å². The summed E-state index contributed by atoms with van der Waals surface area (Å²) in [5, 5.41) is 5.32. The molecule has 2 aromatic rings. The lowest BCUT2D eigenvalue weighted by Gasteiger charge is -2.13. The average Bonchev–Trinajstić information content (AvgIpc) is 2.72. The number of carbonyl (C=O) groups is 1. The Labute approximate surface area is 176 Å². The third-order valence-corrected chi connectivity index (χ3v) is 5.72. The monoisotopic (exact) mass is 433 g/mol. The van der Waals surface area contributed by atoms with E-state index < -0.39 is 10.0 Å². The van der Waals surface area contributed by atoms with Crippen molar-refractivity contribution in [3.63, 3.8) is 0 Å². The van der Waals surface area contributed by atoms with E-state index in [2.05, 4.69) is 15.4 Å². The van der Waals surface area contributed by atoms with E-state index in [1.54, 1.807) is 18.2 Å². The number of hydrogen-bond donors (Lipinski definition) is 3. The van der Waals surface area contributed by atoms with Crippen molar-refractivity contribution in [1.29, 1.82) is 0 Å². The van der Waals surface area contributed by atoms with Gasteiger partial charge in [0.2, 0.25) is 5.91 Å². The molecule has 154 valence electrons. The minimum atomic E-state index is -3.89. The van der Waals surface area contributed by atoms with Gasteiger partial charge in [-0.05, 0) is 48.0 Å². The van der Waals surface area contributed by atoms with Gasteiger partial charge < -0.3 is 15.4 Å². The number of ether oxygens (including phenoxy) is 1. The van der Waals surface area contributed by atoms with Crippen molar-refractivity contribution >= 4 is 39.3 Å². The van der Waals surface area contributed by atoms with Crippen LogP contribution in [0.3, 0.4) is 0 Å². The quantitative estimate of drug-likeness (QED) is 0.434. The Morgan fingerprint density at radius 2 is 1.90 bits per heavy atom. The number of hydrogen-bond acceptors (Lipinski definition) is 5. The maximum absolute atomic E-state index is 12.5. The maximum atomic E-state index is 12.5. The van der Waals surface area contributed by atoms with E-state index in [1.165, 1.54) is 26.3 Å². The van der Waals surface area contributed by atoms with Gasteiger partial charge in [0.15, 0.2) is 5.11 Å². The highest BCUT2D eigenvalue weighted by atomic mass is 32.2. The Balaban J connectivity index is 2.01. The van der Waals surface area contributed by atoms with Gasteiger partial charge in [0.25, 0.3) is 10.0 Å². The first-order valence-electron chi connectivity index (χ1n) is 8.78. The predicted octanol–water partition coefficient (Wildman–Crippen LogP) is 1.85. The summed E-state index contributed by atoms with van der Waals surface area (Å²) in [5.41, 5.74) is 1.66. The fraction of sp³-hybridized carbons (Fsp3) is 0.200. The Kier molecular flexibility index (Phi) is 8.17. The first kappa shape index (κ1) is 22.4. The van der Waals surface area contributed by atoms with Crippen LogP contribution in [0.5, 0.6) is 5.75 Å². The van der Waals surface area contributed by atoms with Gasteiger partial charge in [0.1, 0.15) is 10.6 Å². The zero-order valence-electron chi connectivity index (χ0n) is 16.1. The van der Waals surface area contributed by atoms with Crippen LogP contribution in [0.15, 0.2) is 59.5 Å². The fourth-order valence-corrected chi connectivity index (χ4v) is 3.95. The molecule has 9 heteroatoms. The summed E-state index contributed by atoms with van der Waals surface area (Å²) in [4.78, 5) is 11.9.